The molecule has 184 valence electrons. The van der Waals surface area contributed by atoms with Crippen molar-refractivity contribution < 1.29 is 9.21 Å². The van der Waals surface area contributed by atoms with E-state index < -0.39 is 22.7 Å². The second-order valence-corrected chi connectivity index (χ2v) is 8.85. The molecule has 0 aliphatic rings. The fourth-order valence-electron chi connectivity index (χ4n) is 4.02. The Kier molecular flexibility index (Phi) is 6.59. The maximum atomic E-state index is 13.4. The number of H-pyrrole nitrogens is 1. The number of nitrogens with one attached hydrogen (secondary N) is 1. The molecule has 4 rings (SSSR count). The van der Waals surface area contributed by atoms with Crippen LogP contribution in [0.4, 0.5) is 11.5 Å². The average molecular weight is 481 g/mol. The van der Waals surface area contributed by atoms with Crippen molar-refractivity contribution in [1.82, 2.24) is 19.1 Å². The normalized spacial score (nSPS) is 11.5. The highest BCUT2D eigenvalue weighted by molar-refractivity contribution is 6.02. The van der Waals surface area contributed by atoms with E-state index in [9.17, 15) is 19.2 Å². The lowest BCUT2D eigenvalue weighted by Gasteiger charge is -2.25. The van der Waals surface area contributed by atoms with E-state index in [1.807, 2.05) is 26.8 Å². The number of hydrogen-bond acceptors (Lipinski definition) is 7. The van der Waals surface area contributed by atoms with Gasteiger partial charge in [0.25, 0.3) is 11.1 Å². The van der Waals surface area contributed by atoms with Crippen molar-refractivity contribution in [3.63, 3.8) is 0 Å². The quantitative estimate of drug-likeness (QED) is 0.392. The van der Waals surface area contributed by atoms with Crippen LogP contribution in [0.2, 0.25) is 0 Å². The van der Waals surface area contributed by atoms with Crippen molar-refractivity contribution in [1.29, 1.82) is 0 Å². The molecule has 4 aromatic rings. The van der Waals surface area contributed by atoms with Crippen LogP contribution in [0.5, 0.6) is 0 Å². The number of aromatic amines is 1. The molecular weight excluding hydrogens is 452 g/mol. The van der Waals surface area contributed by atoms with Crippen LogP contribution in [-0.4, -0.2) is 31.6 Å². The number of benzene rings is 1. The van der Waals surface area contributed by atoms with Crippen LogP contribution in [0.1, 0.15) is 33.6 Å². The first-order valence-corrected chi connectivity index (χ1v) is 11.5. The molecule has 0 saturated carbocycles. The number of carbonyl (C=O) groups is 1. The summed E-state index contributed by atoms with van der Waals surface area (Å²) in [4.78, 5) is 59.4. The minimum atomic E-state index is -0.754. The zero-order valence-corrected chi connectivity index (χ0v) is 19.9. The molecule has 1 amide bonds. The second kappa shape index (κ2) is 9.61. The summed E-state index contributed by atoms with van der Waals surface area (Å²) in [5.41, 5.74) is 5.21. The van der Waals surface area contributed by atoms with Gasteiger partial charge in [-0.2, -0.15) is 0 Å². The minimum absolute atomic E-state index is 0.0458. The molecule has 3 heterocycles. The van der Waals surface area contributed by atoms with Gasteiger partial charge in [-0.05, 0) is 24.5 Å². The molecule has 0 aliphatic carbocycles. The lowest BCUT2D eigenvalue weighted by Crippen LogP contribution is -2.44. The number of nitrogens with two attached hydrogens (primary N) is 1. The summed E-state index contributed by atoms with van der Waals surface area (Å²) in [6.07, 6.45) is 2.62. The van der Waals surface area contributed by atoms with Crippen molar-refractivity contribution in [3.05, 3.63) is 61.8 Å². The molecule has 0 aliphatic heterocycles. The number of rotatable bonds is 8. The van der Waals surface area contributed by atoms with E-state index in [-0.39, 0.29) is 42.6 Å². The van der Waals surface area contributed by atoms with Crippen molar-refractivity contribution in [2.45, 2.75) is 46.7 Å². The molecule has 1 aromatic carbocycles. The summed E-state index contributed by atoms with van der Waals surface area (Å²) in [7, 11) is 0. The molecular formula is C24H28N6O5. The fourth-order valence-corrected chi connectivity index (χ4v) is 4.02. The number of furan rings is 1. The molecule has 0 saturated heterocycles. The zero-order chi connectivity index (χ0) is 25.3. The van der Waals surface area contributed by atoms with Gasteiger partial charge in [0.05, 0.1) is 6.33 Å². The van der Waals surface area contributed by atoms with Crippen molar-refractivity contribution in [2.24, 2.45) is 5.92 Å². The first kappa shape index (κ1) is 24.0. The Balaban J connectivity index is 1.76. The van der Waals surface area contributed by atoms with Crippen LogP contribution in [0.3, 0.4) is 0 Å². The van der Waals surface area contributed by atoms with Gasteiger partial charge in [-0.1, -0.05) is 39.3 Å². The van der Waals surface area contributed by atoms with Gasteiger partial charge in [-0.25, -0.2) is 9.78 Å². The van der Waals surface area contributed by atoms with Crippen LogP contribution in [0.25, 0.3) is 22.1 Å². The first-order valence-electron chi connectivity index (χ1n) is 11.5. The molecule has 0 fully saturated rings. The van der Waals surface area contributed by atoms with Gasteiger partial charge in [0.2, 0.25) is 11.5 Å². The van der Waals surface area contributed by atoms with Gasteiger partial charge in [-0.3, -0.25) is 28.5 Å². The summed E-state index contributed by atoms with van der Waals surface area (Å²) in [6, 6.07) is 7.15. The standard InChI is InChI=1S/C24H28N6O5/c1-4-5-10-29(19-21(25)30(11-14(2)3)24(34)27-22(19)32)17(31)12-28-13-26-18-15-8-6-7-9-16(15)35-20(18)23(28)33/h6-9,13-14H,4-5,10-12,25H2,1-3H3,(H,27,32,34). The molecule has 11 heteroatoms. The number of fused-ring (bicyclic) bond motifs is 3. The van der Waals surface area contributed by atoms with Crippen LogP contribution in [-0.2, 0) is 17.9 Å². The summed E-state index contributed by atoms with van der Waals surface area (Å²) in [6.45, 7) is 5.84. The van der Waals surface area contributed by atoms with E-state index >= 15 is 0 Å². The summed E-state index contributed by atoms with van der Waals surface area (Å²) >= 11 is 0. The maximum Gasteiger partial charge on any atom is 0.330 e. The molecule has 3 N–H and O–H groups in total. The van der Waals surface area contributed by atoms with Crippen molar-refractivity contribution >= 4 is 39.5 Å². The minimum Gasteiger partial charge on any atom is -0.448 e. The monoisotopic (exact) mass is 480 g/mol. The molecule has 3 aromatic heterocycles. The largest absolute Gasteiger partial charge is 0.448 e. The van der Waals surface area contributed by atoms with Gasteiger partial charge < -0.3 is 15.1 Å². The number of hydrogen-bond donors (Lipinski definition) is 2. The predicted octanol–water partition coefficient (Wildman–Crippen LogP) is 2.06. The van der Waals surface area contributed by atoms with Gasteiger partial charge in [-0.15, -0.1) is 0 Å². The van der Waals surface area contributed by atoms with Crippen LogP contribution in [0, 0.1) is 5.92 Å². The summed E-state index contributed by atoms with van der Waals surface area (Å²) in [5, 5.41) is 0.703. The maximum absolute atomic E-state index is 13.4. The molecule has 0 spiro atoms. The molecule has 0 unspecified atom stereocenters. The fraction of sp³-hybridized carbons (Fsp3) is 0.375. The smallest absolute Gasteiger partial charge is 0.330 e. The SMILES string of the molecule is CCCCN(C(=O)Cn1cnc2c(oc3ccccc32)c1=O)c1c(N)n(CC(C)C)c(=O)[nH]c1=O. The van der Waals surface area contributed by atoms with E-state index in [4.69, 9.17) is 10.2 Å². The Morgan fingerprint density at radius 1 is 1.23 bits per heavy atom. The Morgan fingerprint density at radius 3 is 2.69 bits per heavy atom. The number of unbranched alkanes of at least 4 members (excludes halogenated alkanes) is 1. The van der Waals surface area contributed by atoms with Crippen molar-refractivity contribution in [3.8, 4) is 0 Å². The number of carbonyl (C=O) groups excluding carboxylic acids is 1. The lowest BCUT2D eigenvalue weighted by atomic mass is 10.2. The number of nitrogens with zero attached hydrogens (tertiary/aromatic N) is 4. The van der Waals surface area contributed by atoms with E-state index in [0.717, 1.165) is 11.0 Å². The topological polar surface area (TPSA) is 149 Å². The highest BCUT2D eigenvalue weighted by atomic mass is 16.3. The third-order valence-corrected chi connectivity index (χ3v) is 5.72. The Labute approximate surface area is 199 Å². The number of anilines is 2. The van der Waals surface area contributed by atoms with E-state index in [0.29, 0.717) is 22.9 Å². The molecule has 0 atom stereocenters. The number of amides is 1. The molecule has 35 heavy (non-hydrogen) atoms. The van der Waals surface area contributed by atoms with E-state index in [2.05, 4.69) is 9.97 Å². The Morgan fingerprint density at radius 2 is 1.97 bits per heavy atom. The van der Waals surface area contributed by atoms with Gasteiger partial charge >= 0.3 is 5.69 Å². The van der Waals surface area contributed by atoms with Crippen LogP contribution in [0.15, 0.2) is 49.4 Å². The highest BCUT2D eigenvalue weighted by Gasteiger charge is 2.25. The third kappa shape index (κ3) is 4.48. The van der Waals surface area contributed by atoms with Gasteiger partial charge in [0.15, 0.2) is 5.69 Å². The average Bonchev–Trinajstić information content (AvgIpc) is 3.20. The zero-order valence-electron chi connectivity index (χ0n) is 19.9. The third-order valence-electron chi connectivity index (χ3n) is 5.72. The molecule has 11 nitrogen and oxygen atoms in total. The van der Waals surface area contributed by atoms with Crippen LogP contribution >= 0.6 is 0 Å². The summed E-state index contributed by atoms with van der Waals surface area (Å²) in [5.74, 6) is -0.548. The van der Waals surface area contributed by atoms with Gasteiger partial charge in [0.1, 0.15) is 23.5 Å². The van der Waals surface area contributed by atoms with Crippen molar-refractivity contribution in [2.75, 3.05) is 17.2 Å². The van der Waals surface area contributed by atoms with E-state index in [1.165, 1.54) is 15.8 Å². The number of para-hydroxylation sites is 1. The van der Waals surface area contributed by atoms with E-state index in [1.54, 1.807) is 18.2 Å². The molecule has 0 bridgehead atoms. The summed E-state index contributed by atoms with van der Waals surface area (Å²) < 4.78 is 8.08. The van der Waals surface area contributed by atoms with Crippen LogP contribution < -0.4 is 27.4 Å². The predicted molar refractivity (Wildman–Crippen MR) is 134 cm³/mol. The molecule has 0 radical (unpaired) electrons. The number of nitrogen functional groups attached to an aromatic ring is 1. The number of aromatic nitrogens is 4. The highest BCUT2D eigenvalue weighted by Crippen LogP contribution is 2.24. The second-order valence-electron chi connectivity index (χ2n) is 8.85. The first-order chi connectivity index (χ1) is 16.7. The van der Waals surface area contributed by atoms with Gasteiger partial charge in [0, 0.05) is 18.5 Å². The Hall–Kier alpha value is -4.15. The Bertz CT molecular complexity index is 1580. The lowest BCUT2D eigenvalue weighted by molar-refractivity contribution is -0.119.